The van der Waals surface area contributed by atoms with Gasteiger partial charge >= 0.3 is 0 Å². The Morgan fingerprint density at radius 1 is 1.60 bits per heavy atom. The van der Waals surface area contributed by atoms with E-state index in [0.717, 1.165) is 12.8 Å². The zero-order valence-electron chi connectivity index (χ0n) is 6.46. The van der Waals surface area contributed by atoms with Gasteiger partial charge in [-0.15, -0.1) is 0 Å². The molecule has 10 heavy (non-hydrogen) atoms. The smallest absolute Gasteiger partial charge is 0.116 e. The molecule has 60 valence electrons. The van der Waals surface area contributed by atoms with E-state index >= 15 is 0 Å². The third kappa shape index (κ3) is 1.94. The second kappa shape index (κ2) is 2.86. The van der Waals surface area contributed by atoms with Gasteiger partial charge in [0.05, 0.1) is 12.2 Å². The van der Waals surface area contributed by atoms with Crippen LogP contribution in [0.15, 0.2) is 0 Å². The number of hydrogen-bond donors (Lipinski definition) is 1. The van der Waals surface area contributed by atoms with E-state index < -0.39 is 0 Å². The Morgan fingerprint density at radius 3 is 2.70 bits per heavy atom. The standard InChI is InChI=1S/C7H14O3/c1-7(2)4-3-6(5-8)9-10-7/h6,8H,3-5H2,1-2H3. The predicted molar refractivity (Wildman–Crippen MR) is 36.4 cm³/mol. The van der Waals surface area contributed by atoms with Crippen LogP contribution in [0, 0.1) is 0 Å². The van der Waals surface area contributed by atoms with E-state index in [0.29, 0.717) is 0 Å². The van der Waals surface area contributed by atoms with Gasteiger partial charge in [-0.1, -0.05) is 0 Å². The Labute approximate surface area is 60.9 Å². The fraction of sp³-hybridized carbons (Fsp3) is 1.00. The molecule has 0 aromatic heterocycles. The van der Waals surface area contributed by atoms with Crippen LogP contribution in [0.2, 0.25) is 0 Å². The van der Waals surface area contributed by atoms with E-state index in [9.17, 15) is 0 Å². The van der Waals surface area contributed by atoms with Crippen molar-refractivity contribution in [2.24, 2.45) is 0 Å². The van der Waals surface area contributed by atoms with Crippen LogP contribution in [0.4, 0.5) is 0 Å². The molecule has 0 aromatic carbocycles. The number of aliphatic hydroxyl groups excluding tert-OH is 1. The summed E-state index contributed by atoms with van der Waals surface area (Å²) in [5.41, 5.74) is -0.175. The molecule has 1 N–H and O–H groups in total. The molecule has 1 saturated heterocycles. The number of aliphatic hydroxyl groups is 1. The van der Waals surface area contributed by atoms with Crippen LogP contribution >= 0.6 is 0 Å². The third-order valence-electron chi connectivity index (χ3n) is 1.68. The van der Waals surface area contributed by atoms with Gasteiger partial charge in [-0.05, 0) is 26.7 Å². The van der Waals surface area contributed by atoms with E-state index in [1.165, 1.54) is 0 Å². The minimum absolute atomic E-state index is 0.0517. The number of rotatable bonds is 1. The highest BCUT2D eigenvalue weighted by Gasteiger charge is 2.28. The van der Waals surface area contributed by atoms with Crippen LogP contribution in [0.3, 0.4) is 0 Å². The summed E-state index contributed by atoms with van der Waals surface area (Å²) in [7, 11) is 0. The molecule has 0 amide bonds. The van der Waals surface area contributed by atoms with Crippen molar-refractivity contribution in [3.8, 4) is 0 Å². The lowest BCUT2D eigenvalue weighted by atomic mass is 10.00. The summed E-state index contributed by atoms with van der Waals surface area (Å²) >= 11 is 0. The van der Waals surface area contributed by atoms with Crippen LogP contribution in [0.25, 0.3) is 0 Å². The lowest BCUT2D eigenvalue weighted by Crippen LogP contribution is -2.36. The molecule has 1 fully saturated rings. The molecule has 1 rings (SSSR count). The summed E-state index contributed by atoms with van der Waals surface area (Å²) in [4.78, 5) is 9.90. The van der Waals surface area contributed by atoms with Gasteiger partial charge < -0.3 is 5.11 Å². The maximum atomic E-state index is 8.66. The zero-order valence-corrected chi connectivity index (χ0v) is 6.46. The van der Waals surface area contributed by atoms with Crippen molar-refractivity contribution in [2.75, 3.05) is 6.61 Å². The molecular weight excluding hydrogens is 132 g/mol. The Morgan fingerprint density at radius 2 is 2.30 bits per heavy atom. The van der Waals surface area contributed by atoms with Gasteiger partial charge in [0.1, 0.15) is 6.10 Å². The second-order valence-corrected chi connectivity index (χ2v) is 3.28. The molecule has 1 atom stereocenters. The van der Waals surface area contributed by atoms with E-state index in [1.807, 2.05) is 13.8 Å². The van der Waals surface area contributed by atoms with Gasteiger partial charge in [-0.3, -0.25) is 0 Å². The van der Waals surface area contributed by atoms with Crippen molar-refractivity contribution >= 4 is 0 Å². The molecule has 3 heteroatoms. The average molecular weight is 146 g/mol. The molecule has 0 saturated carbocycles. The first kappa shape index (κ1) is 7.98. The summed E-state index contributed by atoms with van der Waals surface area (Å²) in [5.74, 6) is 0. The summed E-state index contributed by atoms with van der Waals surface area (Å²) in [5, 5.41) is 8.66. The Kier molecular flexibility index (Phi) is 2.28. The van der Waals surface area contributed by atoms with Crippen molar-refractivity contribution in [1.29, 1.82) is 0 Å². The average Bonchev–Trinajstić information content (AvgIpc) is 1.88. The molecule has 0 radical (unpaired) electrons. The summed E-state index contributed by atoms with van der Waals surface area (Å²) in [6, 6.07) is 0. The molecule has 1 unspecified atom stereocenters. The van der Waals surface area contributed by atoms with E-state index in [4.69, 9.17) is 14.9 Å². The molecule has 1 heterocycles. The lowest BCUT2D eigenvalue weighted by Gasteiger charge is -2.32. The molecule has 0 spiro atoms. The minimum atomic E-state index is -0.175. The summed E-state index contributed by atoms with van der Waals surface area (Å²) < 4.78 is 0. The van der Waals surface area contributed by atoms with Crippen molar-refractivity contribution in [1.82, 2.24) is 0 Å². The number of hydrogen-bond acceptors (Lipinski definition) is 3. The largest absolute Gasteiger partial charge is 0.394 e. The third-order valence-corrected chi connectivity index (χ3v) is 1.68. The van der Waals surface area contributed by atoms with Crippen molar-refractivity contribution in [2.45, 2.75) is 38.4 Å². The monoisotopic (exact) mass is 146 g/mol. The quantitative estimate of drug-likeness (QED) is 0.558. The molecule has 1 aliphatic heterocycles. The van der Waals surface area contributed by atoms with Crippen LogP contribution < -0.4 is 0 Å². The van der Waals surface area contributed by atoms with Gasteiger partial charge in [0.2, 0.25) is 0 Å². The highest BCUT2D eigenvalue weighted by atomic mass is 17.2. The molecule has 1 aliphatic rings. The molecule has 0 aliphatic carbocycles. The Balaban J connectivity index is 2.31. The van der Waals surface area contributed by atoms with Gasteiger partial charge in [0.25, 0.3) is 0 Å². The van der Waals surface area contributed by atoms with E-state index in [1.54, 1.807) is 0 Å². The molecule has 3 nitrogen and oxygen atoms in total. The first-order chi connectivity index (χ1) is 4.64. The van der Waals surface area contributed by atoms with Crippen LogP contribution in [-0.4, -0.2) is 23.4 Å². The predicted octanol–water partition coefficient (Wildman–Crippen LogP) is 0.868. The zero-order chi connectivity index (χ0) is 7.61. The van der Waals surface area contributed by atoms with E-state index in [2.05, 4.69) is 0 Å². The van der Waals surface area contributed by atoms with Crippen LogP contribution in [-0.2, 0) is 9.78 Å². The Bertz CT molecular complexity index is 101. The molecular formula is C7H14O3. The van der Waals surface area contributed by atoms with E-state index in [-0.39, 0.29) is 18.3 Å². The minimum Gasteiger partial charge on any atom is -0.394 e. The topological polar surface area (TPSA) is 38.7 Å². The van der Waals surface area contributed by atoms with Gasteiger partial charge in [0, 0.05) is 0 Å². The van der Waals surface area contributed by atoms with Gasteiger partial charge in [-0.2, -0.15) is 0 Å². The molecule has 0 bridgehead atoms. The summed E-state index contributed by atoms with van der Waals surface area (Å²) in [6.07, 6.45) is 1.70. The van der Waals surface area contributed by atoms with Crippen LogP contribution in [0.5, 0.6) is 0 Å². The highest BCUT2D eigenvalue weighted by Crippen LogP contribution is 2.25. The van der Waals surface area contributed by atoms with Crippen molar-refractivity contribution in [3.05, 3.63) is 0 Å². The molecule has 0 aromatic rings. The maximum absolute atomic E-state index is 8.66. The first-order valence-corrected chi connectivity index (χ1v) is 3.59. The second-order valence-electron chi connectivity index (χ2n) is 3.28. The highest BCUT2D eigenvalue weighted by molar-refractivity contribution is 4.72. The normalized spacial score (nSPS) is 32.1. The van der Waals surface area contributed by atoms with Gasteiger partial charge in [0.15, 0.2) is 0 Å². The first-order valence-electron chi connectivity index (χ1n) is 3.59. The maximum Gasteiger partial charge on any atom is 0.116 e. The van der Waals surface area contributed by atoms with Crippen LogP contribution in [0.1, 0.15) is 26.7 Å². The van der Waals surface area contributed by atoms with Crippen molar-refractivity contribution < 1.29 is 14.9 Å². The Hall–Kier alpha value is -0.120. The summed E-state index contributed by atoms with van der Waals surface area (Å²) in [6.45, 7) is 4.00. The lowest BCUT2D eigenvalue weighted by molar-refractivity contribution is -0.403. The fourth-order valence-electron chi connectivity index (χ4n) is 0.918. The fourth-order valence-corrected chi connectivity index (χ4v) is 0.918. The van der Waals surface area contributed by atoms with Crippen molar-refractivity contribution in [3.63, 3.8) is 0 Å². The van der Waals surface area contributed by atoms with Gasteiger partial charge in [-0.25, -0.2) is 9.78 Å². The SMILES string of the molecule is CC1(C)CCC(CO)OO1.